The molecule has 0 amide bonds. The lowest BCUT2D eigenvalue weighted by Gasteiger charge is -2.73. The fraction of sp³-hybridized carbons (Fsp3) is 0.906. The van der Waals surface area contributed by atoms with Crippen LogP contribution >= 0.6 is 0 Å². The number of hydrogen-bond acceptors (Lipinski definition) is 2. The number of esters is 1. The summed E-state index contributed by atoms with van der Waals surface area (Å²) in [4.78, 5) is 11.9. The van der Waals surface area contributed by atoms with E-state index in [0.717, 1.165) is 24.2 Å². The molecular weight excluding hydrogens is 416 g/mol. The molecule has 0 bridgehead atoms. The molecule has 0 radical (unpaired) electrons. The van der Waals surface area contributed by atoms with Crippen molar-refractivity contribution in [3.05, 3.63) is 12.2 Å². The Bertz CT molecular complexity index is 872. The average Bonchev–Trinajstić information content (AvgIpc) is 2.74. The number of rotatable bonds is 1. The predicted molar refractivity (Wildman–Crippen MR) is 140 cm³/mol. The maximum atomic E-state index is 11.9. The zero-order chi connectivity index (χ0) is 24.9. The summed E-state index contributed by atoms with van der Waals surface area (Å²) in [5.74, 6) is 3.64. The van der Waals surface area contributed by atoms with Gasteiger partial charge in [0, 0.05) is 12.3 Å². The van der Waals surface area contributed by atoms with E-state index >= 15 is 0 Å². The standard InChI is InChI=1S/C32H52O2/c1-20-12-15-29(6)18-19-31(8)23(27(29)21(20)2)10-11-25-30(7)16-14-26(34-22(3)33)28(4,5)24(30)13-17-32(25,31)9/h21,23-27H,1,10-19H2,2-9H3/t21-,23+,24+,25-,26-,27-,29+,30+,31-,32-/m1/s1. The lowest BCUT2D eigenvalue weighted by Crippen LogP contribution is -2.67. The molecule has 0 aromatic carbocycles. The Morgan fingerprint density at radius 1 is 0.853 bits per heavy atom. The Balaban J connectivity index is 1.50. The first-order valence-electron chi connectivity index (χ1n) is 14.6. The maximum absolute atomic E-state index is 11.9. The molecule has 0 unspecified atom stereocenters. The third-order valence-corrected chi connectivity index (χ3v) is 13.8. The third kappa shape index (κ3) is 3.08. The third-order valence-electron chi connectivity index (χ3n) is 13.8. The van der Waals surface area contributed by atoms with E-state index in [1.54, 1.807) is 6.92 Å². The van der Waals surface area contributed by atoms with Crippen molar-refractivity contribution in [2.75, 3.05) is 0 Å². The fourth-order valence-corrected chi connectivity index (χ4v) is 11.8. The van der Waals surface area contributed by atoms with Crippen molar-refractivity contribution in [2.24, 2.45) is 56.7 Å². The molecule has 192 valence electrons. The highest BCUT2D eigenvalue weighted by molar-refractivity contribution is 5.66. The first-order valence-corrected chi connectivity index (χ1v) is 14.6. The molecule has 5 fully saturated rings. The molecular formula is C32H52O2. The van der Waals surface area contributed by atoms with Crippen LogP contribution in [0.1, 0.15) is 120 Å². The second-order valence-corrected chi connectivity index (χ2v) is 15.3. The Morgan fingerprint density at radius 2 is 1.56 bits per heavy atom. The topological polar surface area (TPSA) is 26.3 Å². The number of allylic oxidation sites excluding steroid dienone is 1. The van der Waals surface area contributed by atoms with Gasteiger partial charge in [0.2, 0.25) is 0 Å². The van der Waals surface area contributed by atoms with E-state index in [1.807, 2.05) is 0 Å². The van der Waals surface area contributed by atoms with Crippen molar-refractivity contribution >= 4 is 5.97 Å². The summed E-state index contributed by atoms with van der Waals surface area (Å²) in [6, 6.07) is 0. The highest BCUT2D eigenvalue weighted by Gasteiger charge is 2.70. The molecule has 0 aromatic heterocycles. The molecule has 0 saturated heterocycles. The lowest BCUT2D eigenvalue weighted by atomic mass is 9.31. The van der Waals surface area contributed by atoms with Gasteiger partial charge in [0.15, 0.2) is 0 Å². The minimum absolute atomic E-state index is 0.0541. The largest absolute Gasteiger partial charge is 0.462 e. The molecule has 10 atom stereocenters. The number of hydrogen-bond donors (Lipinski definition) is 0. The second kappa shape index (κ2) is 7.61. The minimum atomic E-state index is -0.108. The van der Waals surface area contributed by atoms with Gasteiger partial charge in [0.1, 0.15) is 6.10 Å². The smallest absolute Gasteiger partial charge is 0.302 e. The molecule has 0 heterocycles. The zero-order valence-electron chi connectivity index (χ0n) is 23.6. The van der Waals surface area contributed by atoms with E-state index < -0.39 is 0 Å². The maximum Gasteiger partial charge on any atom is 0.302 e. The quantitative estimate of drug-likeness (QED) is 0.284. The van der Waals surface area contributed by atoms with Crippen molar-refractivity contribution in [3.8, 4) is 0 Å². The van der Waals surface area contributed by atoms with Crippen LogP contribution in [0.5, 0.6) is 0 Å². The summed E-state index contributed by atoms with van der Waals surface area (Å²) in [5.41, 5.74) is 3.28. The highest BCUT2D eigenvalue weighted by Crippen LogP contribution is 2.77. The minimum Gasteiger partial charge on any atom is -0.462 e. The van der Waals surface area contributed by atoms with Crippen molar-refractivity contribution in [1.29, 1.82) is 0 Å². The van der Waals surface area contributed by atoms with Crippen LogP contribution in [0.25, 0.3) is 0 Å². The van der Waals surface area contributed by atoms with Gasteiger partial charge in [-0.3, -0.25) is 4.79 Å². The first-order chi connectivity index (χ1) is 15.7. The molecule has 5 aliphatic carbocycles. The molecule has 5 aliphatic rings. The van der Waals surface area contributed by atoms with Gasteiger partial charge in [-0.2, -0.15) is 0 Å². The summed E-state index contributed by atoms with van der Waals surface area (Å²) >= 11 is 0. The summed E-state index contributed by atoms with van der Waals surface area (Å²) < 4.78 is 5.91. The van der Waals surface area contributed by atoms with Crippen molar-refractivity contribution in [2.45, 2.75) is 126 Å². The van der Waals surface area contributed by atoms with Gasteiger partial charge in [0.25, 0.3) is 0 Å². The monoisotopic (exact) mass is 468 g/mol. The Morgan fingerprint density at radius 3 is 2.24 bits per heavy atom. The van der Waals surface area contributed by atoms with Gasteiger partial charge in [0.05, 0.1) is 0 Å². The van der Waals surface area contributed by atoms with Gasteiger partial charge in [-0.1, -0.05) is 60.6 Å². The second-order valence-electron chi connectivity index (χ2n) is 15.3. The van der Waals surface area contributed by atoms with Crippen LogP contribution in [-0.4, -0.2) is 12.1 Å². The Labute approximate surface area is 210 Å². The van der Waals surface area contributed by atoms with Gasteiger partial charge in [-0.15, -0.1) is 0 Å². The molecule has 2 nitrogen and oxygen atoms in total. The number of ether oxygens (including phenoxy) is 1. The summed E-state index contributed by atoms with van der Waals surface area (Å²) in [6.45, 7) is 24.2. The van der Waals surface area contributed by atoms with E-state index in [4.69, 9.17) is 4.74 Å². The van der Waals surface area contributed by atoms with Crippen molar-refractivity contribution < 1.29 is 9.53 Å². The SMILES string of the molecule is C=C1CC[C@@]2(C)CC[C@]3(C)[C@@H](CC[C@@H]4[C@@]5(C)CC[C@@H](OC(C)=O)C(C)(C)[C@@H]5CC[C@]43C)[C@H]2[C@@H]1C. The van der Waals surface area contributed by atoms with Crippen LogP contribution < -0.4 is 0 Å². The Kier molecular flexibility index (Phi) is 5.57. The van der Waals surface area contributed by atoms with E-state index in [9.17, 15) is 4.79 Å². The van der Waals surface area contributed by atoms with Gasteiger partial charge in [-0.05, 0) is 115 Å². The van der Waals surface area contributed by atoms with Gasteiger partial charge >= 0.3 is 5.97 Å². The van der Waals surface area contributed by atoms with Crippen molar-refractivity contribution in [3.63, 3.8) is 0 Å². The van der Waals surface area contributed by atoms with E-state index in [-0.39, 0.29) is 17.5 Å². The normalized spacial score (nSPS) is 54.2. The van der Waals surface area contributed by atoms with Crippen LogP contribution in [0.15, 0.2) is 12.2 Å². The van der Waals surface area contributed by atoms with Crippen LogP contribution in [0.4, 0.5) is 0 Å². The molecule has 34 heavy (non-hydrogen) atoms. The van der Waals surface area contributed by atoms with Crippen LogP contribution in [0.2, 0.25) is 0 Å². The van der Waals surface area contributed by atoms with E-state index in [2.05, 4.69) is 55.0 Å². The van der Waals surface area contributed by atoms with Gasteiger partial charge < -0.3 is 4.74 Å². The van der Waals surface area contributed by atoms with Crippen LogP contribution in [0.3, 0.4) is 0 Å². The number of carbonyl (C=O) groups is 1. The molecule has 2 heteroatoms. The van der Waals surface area contributed by atoms with Gasteiger partial charge in [-0.25, -0.2) is 0 Å². The molecule has 0 N–H and O–H groups in total. The first kappa shape index (κ1) is 24.9. The molecule has 0 aromatic rings. The fourth-order valence-electron chi connectivity index (χ4n) is 11.8. The molecule has 0 spiro atoms. The average molecular weight is 469 g/mol. The number of carbonyl (C=O) groups excluding carboxylic acids is 1. The Hall–Kier alpha value is -0.790. The predicted octanol–water partition coefficient (Wildman–Crippen LogP) is 8.60. The van der Waals surface area contributed by atoms with Crippen molar-refractivity contribution in [1.82, 2.24) is 0 Å². The zero-order valence-corrected chi connectivity index (χ0v) is 23.6. The van der Waals surface area contributed by atoms with E-state index in [0.29, 0.717) is 33.5 Å². The van der Waals surface area contributed by atoms with E-state index in [1.165, 1.54) is 63.4 Å². The molecule has 5 rings (SSSR count). The highest BCUT2D eigenvalue weighted by atomic mass is 16.5. The summed E-state index contributed by atoms with van der Waals surface area (Å²) in [5, 5.41) is 0. The number of fused-ring (bicyclic) bond motifs is 7. The summed E-state index contributed by atoms with van der Waals surface area (Å²) in [7, 11) is 0. The molecule has 5 saturated carbocycles. The van der Waals surface area contributed by atoms with Crippen LogP contribution in [0, 0.1) is 56.7 Å². The summed E-state index contributed by atoms with van der Waals surface area (Å²) in [6.07, 6.45) is 13.2. The molecule has 0 aliphatic heterocycles. The lowest BCUT2D eigenvalue weighted by molar-refractivity contribution is -0.253. The van der Waals surface area contributed by atoms with Crippen LogP contribution in [-0.2, 0) is 9.53 Å².